The first kappa shape index (κ1) is 12.8. The van der Waals surface area contributed by atoms with Gasteiger partial charge in [0.1, 0.15) is 0 Å². The van der Waals surface area contributed by atoms with Crippen molar-refractivity contribution in [3.63, 3.8) is 0 Å². The van der Waals surface area contributed by atoms with E-state index in [1.54, 1.807) is 0 Å². The Kier molecular flexibility index (Phi) is 3.31. The summed E-state index contributed by atoms with van der Waals surface area (Å²) in [4.78, 5) is 2.62. The van der Waals surface area contributed by atoms with E-state index in [2.05, 4.69) is 27.9 Å². The van der Waals surface area contributed by atoms with Gasteiger partial charge in [-0.2, -0.15) is 5.10 Å². The molecule has 2 aliphatic carbocycles. The predicted octanol–water partition coefficient (Wildman–Crippen LogP) is 2.16. The monoisotopic (exact) mass is 275 g/mol. The molecule has 1 aromatic heterocycles. The van der Waals surface area contributed by atoms with Crippen molar-refractivity contribution in [1.29, 1.82) is 0 Å². The molecule has 0 spiro atoms. The fraction of sp³-hybridized carbons (Fsp3) is 0.812. The van der Waals surface area contributed by atoms with E-state index in [0.29, 0.717) is 5.92 Å². The van der Waals surface area contributed by atoms with Gasteiger partial charge in [0, 0.05) is 50.5 Å². The second-order valence-corrected chi connectivity index (χ2v) is 6.99. The molecule has 4 rings (SSSR count). The molecule has 1 atom stereocenters. The van der Waals surface area contributed by atoms with Gasteiger partial charge in [0.15, 0.2) is 0 Å². The first-order valence-corrected chi connectivity index (χ1v) is 8.10. The van der Waals surface area contributed by atoms with E-state index in [0.717, 1.165) is 38.1 Å². The van der Waals surface area contributed by atoms with Gasteiger partial charge in [-0.3, -0.25) is 9.58 Å². The summed E-state index contributed by atoms with van der Waals surface area (Å²) in [6, 6.07) is 0. The molecule has 0 bridgehead atoms. The molecule has 2 fully saturated rings. The fourth-order valence-electron chi connectivity index (χ4n) is 3.44. The van der Waals surface area contributed by atoms with Gasteiger partial charge in [-0.15, -0.1) is 0 Å². The van der Waals surface area contributed by atoms with Crippen molar-refractivity contribution in [3.05, 3.63) is 17.5 Å². The lowest BCUT2D eigenvalue weighted by Crippen LogP contribution is -2.37. The van der Waals surface area contributed by atoms with Crippen LogP contribution in [0.15, 0.2) is 6.20 Å². The molecule has 2 saturated carbocycles. The second-order valence-electron chi connectivity index (χ2n) is 6.99. The molecule has 1 aromatic rings. The molecule has 0 aromatic carbocycles. The SMILES string of the molecule is Cn1ncc2c1C(COCC1CC1)CN(CC1CC1)C2. The summed E-state index contributed by atoms with van der Waals surface area (Å²) in [6.45, 7) is 5.33. The average molecular weight is 275 g/mol. The van der Waals surface area contributed by atoms with Gasteiger partial charge in [-0.05, 0) is 37.5 Å². The normalized spacial score (nSPS) is 26.8. The molecule has 3 aliphatic rings. The van der Waals surface area contributed by atoms with Crippen LogP contribution >= 0.6 is 0 Å². The Balaban J connectivity index is 1.43. The first-order chi connectivity index (χ1) is 9.79. The minimum Gasteiger partial charge on any atom is -0.380 e. The maximum Gasteiger partial charge on any atom is 0.0562 e. The quantitative estimate of drug-likeness (QED) is 0.797. The highest BCUT2D eigenvalue weighted by molar-refractivity contribution is 5.25. The van der Waals surface area contributed by atoms with Gasteiger partial charge >= 0.3 is 0 Å². The second kappa shape index (κ2) is 5.15. The summed E-state index contributed by atoms with van der Waals surface area (Å²) in [6.07, 6.45) is 7.66. The minimum absolute atomic E-state index is 0.503. The number of nitrogens with zero attached hydrogens (tertiary/aromatic N) is 3. The third-order valence-electron chi connectivity index (χ3n) is 4.91. The fourth-order valence-corrected chi connectivity index (χ4v) is 3.44. The zero-order chi connectivity index (χ0) is 13.5. The lowest BCUT2D eigenvalue weighted by Gasteiger charge is -2.33. The highest BCUT2D eigenvalue weighted by Crippen LogP contribution is 2.35. The molecule has 4 heteroatoms. The number of ether oxygens (including phenoxy) is 1. The van der Waals surface area contributed by atoms with Crippen molar-refractivity contribution in [2.45, 2.75) is 38.1 Å². The summed E-state index contributed by atoms with van der Waals surface area (Å²) >= 11 is 0. The van der Waals surface area contributed by atoms with Gasteiger partial charge in [0.25, 0.3) is 0 Å². The Hall–Kier alpha value is -0.870. The smallest absolute Gasteiger partial charge is 0.0562 e. The average Bonchev–Trinajstić information content (AvgIpc) is 3.33. The topological polar surface area (TPSA) is 30.3 Å². The summed E-state index contributed by atoms with van der Waals surface area (Å²) in [7, 11) is 2.07. The van der Waals surface area contributed by atoms with Crippen LogP contribution in [-0.2, 0) is 18.3 Å². The largest absolute Gasteiger partial charge is 0.380 e. The summed E-state index contributed by atoms with van der Waals surface area (Å²) in [5, 5.41) is 4.47. The van der Waals surface area contributed by atoms with E-state index >= 15 is 0 Å². The Morgan fingerprint density at radius 3 is 2.75 bits per heavy atom. The lowest BCUT2D eigenvalue weighted by molar-refractivity contribution is 0.0875. The van der Waals surface area contributed by atoms with Gasteiger partial charge < -0.3 is 4.74 Å². The van der Waals surface area contributed by atoms with E-state index < -0.39 is 0 Å². The van der Waals surface area contributed by atoms with Crippen LogP contribution in [0.4, 0.5) is 0 Å². The molecule has 20 heavy (non-hydrogen) atoms. The van der Waals surface area contributed by atoms with E-state index in [9.17, 15) is 0 Å². The number of hydrogen-bond acceptors (Lipinski definition) is 3. The van der Waals surface area contributed by atoms with Crippen molar-refractivity contribution in [2.75, 3.05) is 26.3 Å². The molecule has 4 nitrogen and oxygen atoms in total. The molecule has 0 radical (unpaired) electrons. The highest BCUT2D eigenvalue weighted by Gasteiger charge is 2.32. The highest BCUT2D eigenvalue weighted by atomic mass is 16.5. The number of aromatic nitrogens is 2. The van der Waals surface area contributed by atoms with Crippen LogP contribution in [0, 0.1) is 11.8 Å². The molecule has 0 N–H and O–H groups in total. The van der Waals surface area contributed by atoms with E-state index in [1.807, 2.05) is 0 Å². The maximum atomic E-state index is 5.98. The molecule has 0 amide bonds. The van der Waals surface area contributed by atoms with Crippen molar-refractivity contribution >= 4 is 0 Å². The Bertz CT molecular complexity index is 476. The number of fused-ring (bicyclic) bond motifs is 1. The standard InChI is InChI=1S/C16H25N3O/c1-18-16-14(6-17-18)8-19(7-12-2-3-12)9-15(16)11-20-10-13-4-5-13/h6,12-13,15H,2-5,7-11H2,1H3. The zero-order valence-electron chi connectivity index (χ0n) is 12.4. The van der Waals surface area contributed by atoms with Crippen molar-refractivity contribution in [3.8, 4) is 0 Å². The molecular formula is C16H25N3O. The number of hydrogen-bond donors (Lipinski definition) is 0. The number of aryl methyl sites for hydroxylation is 1. The Morgan fingerprint density at radius 1 is 1.20 bits per heavy atom. The van der Waals surface area contributed by atoms with Gasteiger partial charge in [-0.25, -0.2) is 0 Å². The first-order valence-electron chi connectivity index (χ1n) is 8.10. The molecule has 1 unspecified atom stereocenters. The molecular weight excluding hydrogens is 250 g/mol. The van der Waals surface area contributed by atoms with Crippen molar-refractivity contribution in [2.24, 2.45) is 18.9 Å². The Labute approximate surface area is 121 Å². The molecule has 110 valence electrons. The molecule has 2 heterocycles. The van der Waals surface area contributed by atoms with Crippen LogP contribution in [0.1, 0.15) is 42.9 Å². The summed E-state index contributed by atoms with van der Waals surface area (Å²) in [5.74, 6) is 2.32. The van der Waals surface area contributed by atoms with Crippen LogP contribution in [-0.4, -0.2) is 41.0 Å². The summed E-state index contributed by atoms with van der Waals surface area (Å²) < 4.78 is 8.04. The predicted molar refractivity (Wildman–Crippen MR) is 77.5 cm³/mol. The van der Waals surface area contributed by atoms with E-state index in [-0.39, 0.29) is 0 Å². The number of rotatable bonds is 6. The lowest BCUT2D eigenvalue weighted by atomic mass is 9.96. The molecule has 0 saturated heterocycles. The van der Waals surface area contributed by atoms with Crippen molar-refractivity contribution < 1.29 is 4.74 Å². The van der Waals surface area contributed by atoms with E-state index in [1.165, 1.54) is 43.5 Å². The summed E-state index contributed by atoms with van der Waals surface area (Å²) in [5.41, 5.74) is 2.83. The van der Waals surface area contributed by atoms with Crippen LogP contribution in [0.5, 0.6) is 0 Å². The van der Waals surface area contributed by atoms with Gasteiger partial charge in [-0.1, -0.05) is 0 Å². The third kappa shape index (κ3) is 2.77. The van der Waals surface area contributed by atoms with Gasteiger partial charge in [0.05, 0.1) is 12.8 Å². The van der Waals surface area contributed by atoms with Crippen LogP contribution in [0.25, 0.3) is 0 Å². The maximum absolute atomic E-state index is 5.98. The molecule has 1 aliphatic heterocycles. The van der Waals surface area contributed by atoms with Crippen LogP contribution in [0.2, 0.25) is 0 Å². The van der Waals surface area contributed by atoms with Crippen LogP contribution in [0.3, 0.4) is 0 Å². The van der Waals surface area contributed by atoms with Crippen LogP contribution < -0.4 is 0 Å². The Morgan fingerprint density at radius 2 is 2.00 bits per heavy atom. The van der Waals surface area contributed by atoms with E-state index in [4.69, 9.17) is 4.74 Å². The minimum atomic E-state index is 0.503. The van der Waals surface area contributed by atoms with Crippen molar-refractivity contribution in [1.82, 2.24) is 14.7 Å². The third-order valence-corrected chi connectivity index (χ3v) is 4.91. The zero-order valence-corrected chi connectivity index (χ0v) is 12.4. The van der Waals surface area contributed by atoms with Gasteiger partial charge in [0.2, 0.25) is 0 Å².